The summed E-state index contributed by atoms with van der Waals surface area (Å²) < 4.78 is 26.0. The number of benzene rings is 1. The van der Waals surface area contributed by atoms with Gasteiger partial charge in [0, 0.05) is 0 Å². The van der Waals surface area contributed by atoms with Gasteiger partial charge in [-0.2, -0.15) is 0 Å². The predicted octanol–water partition coefficient (Wildman–Crippen LogP) is 2.97. The summed E-state index contributed by atoms with van der Waals surface area (Å²) in [6.07, 6.45) is 3.88. The summed E-state index contributed by atoms with van der Waals surface area (Å²) in [6, 6.07) is 3.77. The molecule has 0 aliphatic heterocycles. The number of halogens is 2. The summed E-state index contributed by atoms with van der Waals surface area (Å²) in [4.78, 5) is 0. The lowest BCUT2D eigenvalue weighted by Crippen LogP contribution is -2.32. The van der Waals surface area contributed by atoms with Gasteiger partial charge < -0.3 is 5.11 Å². The maximum absolute atomic E-state index is 13.2. The quantitative estimate of drug-likeness (QED) is 0.777. The van der Waals surface area contributed by atoms with Gasteiger partial charge in [0.1, 0.15) is 0 Å². The molecule has 0 radical (unpaired) electrons. The van der Waals surface area contributed by atoms with E-state index in [0.717, 1.165) is 31.4 Å². The molecule has 0 amide bonds. The molecule has 86 valence electrons. The molecule has 3 rings (SSSR count). The maximum Gasteiger partial charge on any atom is 0.159 e. The van der Waals surface area contributed by atoms with Crippen molar-refractivity contribution >= 4 is 0 Å². The Morgan fingerprint density at radius 2 is 2.00 bits per heavy atom. The van der Waals surface area contributed by atoms with Crippen LogP contribution in [0.5, 0.6) is 0 Å². The van der Waals surface area contributed by atoms with Crippen LogP contribution in [0.2, 0.25) is 0 Å². The number of hydrogen-bond acceptors (Lipinski definition) is 1. The standard InChI is InChI=1S/C13H14F2O/c14-11-4-3-10(6-12(11)15)13(16)7-8-1-2-9(13)5-8/h3-4,6,8-9,16H,1-2,5,7H2. The Morgan fingerprint density at radius 1 is 1.19 bits per heavy atom. The van der Waals surface area contributed by atoms with Gasteiger partial charge in [-0.1, -0.05) is 6.07 Å². The summed E-state index contributed by atoms with van der Waals surface area (Å²) >= 11 is 0. The number of hydrogen-bond donors (Lipinski definition) is 1. The Hall–Kier alpha value is -0.960. The van der Waals surface area contributed by atoms with Crippen molar-refractivity contribution in [1.82, 2.24) is 0 Å². The van der Waals surface area contributed by atoms with Crippen molar-refractivity contribution in [3.63, 3.8) is 0 Å². The second kappa shape index (κ2) is 3.27. The van der Waals surface area contributed by atoms with Crippen LogP contribution in [0, 0.1) is 23.5 Å². The Labute approximate surface area is 93.1 Å². The highest BCUT2D eigenvalue weighted by molar-refractivity contribution is 5.27. The second-order valence-corrected chi connectivity index (χ2v) is 5.13. The lowest BCUT2D eigenvalue weighted by atomic mass is 9.79. The minimum absolute atomic E-state index is 0.224. The van der Waals surface area contributed by atoms with Crippen LogP contribution in [0.4, 0.5) is 8.78 Å². The molecule has 0 heterocycles. The fraction of sp³-hybridized carbons (Fsp3) is 0.538. The first-order valence-electron chi connectivity index (χ1n) is 5.77. The predicted molar refractivity (Wildman–Crippen MR) is 55.7 cm³/mol. The Bertz CT molecular complexity index is 432. The molecule has 2 fully saturated rings. The summed E-state index contributed by atoms with van der Waals surface area (Å²) in [5.74, 6) is -0.935. The molecule has 0 aromatic heterocycles. The van der Waals surface area contributed by atoms with E-state index in [9.17, 15) is 13.9 Å². The first-order valence-corrected chi connectivity index (χ1v) is 5.77. The van der Waals surface area contributed by atoms with Crippen molar-refractivity contribution in [2.24, 2.45) is 11.8 Å². The topological polar surface area (TPSA) is 20.2 Å². The van der Waals surface area contributed by atoms with Crippen molar-refractivity contribution in [2.45, 2.75) is 31.3 Å². The Morgan fingerprint density at radius 3 is 2.56 bits per heavy atom. The molecule has 2 aliphatic carbocycles. The molecule has 16 heavy (non-hydrogen) atoms. The largest absolute Gasteiger partial charge is 0.385 e. The van der Waals surface area contributed by atoms with Crippen LogP contribution >= 0.6 is 0 Å². The van der Waals surface area contributed by atoms with Gasteiger partial charge in [-0.15, -0.1) is 0 Å². The monoisotopic (exact) mass is 224 g/mol. The third kappa shape index (κ3) is 1.31. The third-order valence-corrected chi connectivity index (χ3v) is 4.24. The van der Waals surface area contributed by atoms with E-state index in [1.54, 1.807) is 0 Å². The van der Waals surface area contributed by atoms with Crippen LogP contribution in [-0.4, -0.2) is 5.11 Å². The summed E-state index contributed by atoms with van der Waals surface area (Å²) in [5, 5.41) is 10.6. The van der Waals surface area contributed by atoms with Crippen LogP contribution in [-0.2, 0) is 5.60 Å². The van der Waals surface area contributed by atoms with Crippen molar-refractivity contribution in [3.05, 3.63) is 35.4 Å². The van der Waals surface area contributed by atoms with E-state index in [0.29, 0.717) is 17.9 Å². The zero-order valence-corrected chi connectivity index (χ0v) is 8.92. The summed E-state index contributed by atoms with van der Waals surface area (Å²) in [7, 11) is 0. The average Bonchev–Trinajstić information content (AvgIpc) is 2.82. The first kappa shape index (κ1) is 10.2. The molecule has 2 bridgehead atoms. The summed E-state index contributed by atoms with van der Waals surface area (Å²) in [5.41, 5.74) is -0.379. The second-order valence-electron chi connectivity index (χ2n) is 5.13. The molecule has 2 saturated carbocycles. The van der Waals surface area contributed by atoms with Gasteiger partial charge in [0.25, 0.3) is 0 Å². The van der Waals surface area contributed by atoms with E-state index < -0.39 is 17.2 Å². The fourth-order valence-corrected chi connectivity index (χ4v) is 3.42. The van der Waals surface area contributed by atoms with Gasteiger partial charge in [0.15, 0.2) is 11.6 Å². The third-order valence-electron chi connectivity index (χ3n) is 4.24. The zero-order valence-electron chi connectivity index (χ0n) is 8.92. The van der Waals surface area contributed by atoms with Gasteiger partial charge >= 0.3 is 0 Å². The van der Waals surface area contributed by atoms with Gasteiger partial charge in [0.05, 0.1) is 5.60 Å². The van der Waals surface area contributed by atoms with E-state index in [2.05, 4.69) is 0 Å². The van der Waals surface area contributed by atoms with Crippen molar-refractivity contribution in [3.8, 4) is 0 Å². The van der Waals surface area contributed by atoms with E-state index in [-0.39, 0.29) is 5.92 Å². The molecule has 1 nitrogen and oxygen atoms in total. The van der Waals surface area contributed by atoms with E-state index in [1.807, 2.05) is 0 Å². The molecule has 1 aromatic carbocycles. The van der Waals surface area contributed by atoms with Gasteiger partial charge in [0.2, 0.25) is 0 Å². The molecule has 0 saturated heterocycles. The lowest BCUT2D eigenvalue weighted by Gasteiger charge is -2.33. The molecule has 3 heteroatoms. The first-order chi connectivity index (χ1) is 7.59. The molecule has 3 atom stereocenters. The van der Waals surface area contributed by atoms with E-state index in [1.165, 1.54) is 6.07 Å². The Kier molecular flexibility index (Phi) is 2.08. The SMILES string of the molecule is OC1(c2ccc(F)c(F)c2)CC2CCC1C2. The molecular weight excluding hydrogens is 210 g/mol. The maximum atomic E-state index is 13.2. The van der Waals surface area contributed by atoms with Crippen molar-refractivity contribution in [2.75, 3.05) is 0 Å². The highest BCUT2D eigenvalue weighted by atomic mass is 19.2. The minimum atomic E-state index is -0.919. The molecule has 1 N–H and O–H groups in total. The molecule has 3 unspecified atom stereocenters. The lowest BCUT2D eigenvalue weighted by molar-refractivity contribution is -0.0185. The van der Waals surface area contributed by atoms with E-state index in [4.69, 9.17) is 0 Å². The number of aliphatic hydroxyl groups is 1. The zero-order chi connectivity index (χ0) is 11.3. The van der Waals surface area contributed by atoms with Gasteiger partial charge in [-0.25, -0.2) is 8.78 Å². The Balaban J connectivity index is 2.00. The normalized spacial score (nSPS) is 36.9. The van der Waals surface area contributed by atoms with Crippen LogP contribution in [0.3, 0.4) is 0 Å². The van der Waals surface area contributed by atoms with Crippen LogP contribution in [0.25, 0.3) is 0 Å². The molecule has 1 aromatic rings. The number of fused-ring (bicyclic) bond motifs is 2. The smallest absolute Gasteiger partial charge is 0.159 e. The highest BCUT2D eigenvalue weighted by Gasteiger charge is 2.50. The average molecular weight is 224 g/mol. The van der Waals surface area contributed by atoms with Crippen molar-refractivity contribution < 1.29 is 13.9 Å². The van der Waals surface area contributed by atoms with Crippen LogP contribution < -0.4 is 0 Å². The van der Waals surface area contributed by atoms with Crippen molar-refractivity contribution in [1.29, 1.82) is 0 Å². The number of rotatable bonds is 1. The van der Waals surface area contributed by atoms with Gasteiger partial charge in [-0.3, -0.25) is 0 Å². The molecule has 2 aliphatic rings. The molecule has 0 spiro atoms. The van der Waals surface area contributed by atoms with Crippen LogP contribution in [0.1, 0.15) is 31.2 Å². The van der Waals surface area contributed by atoms with Crippen LogP contribution in [0.15, 0.2) is 18.2 Å². The highest BCUT2D eigenvalue weighted by Crippen LogP contribution is 2.55. The minimum Gasteiger partial charge on any atom is -0.385 e. The van der Waals surface area contributed by atoms with E-state index >= 15 is 0 Å². The summed E-state index contributed by atoms with van der Waals surface area (Å²) in [6.45, 7) is 0. The van der Waals surface area contributed by atoms with Gasteiger partial charge in [-0.05, 0) is 55.2 Å². The fourth-order valence-electron chi connectivity index (χ4n) is 3.42. The molecular formula is C13H14F2O.